The molecule has 1 atom stereocenters. The Balaban J connectivity index is 1.24. The minimum absolute atomic E-state index is 0.0287. The Morgan fingerprint density at radius 3 is 2.56 bits per heavy atom. The van der Waals surface area contributed by atoms with Crippen molar-refractivity contribution in [3.05, 3.63) is 71.9 Å². The number of aromatic nitrogens is 3. The fourth-order valence-electron chi connectivity index (χ4n) is 4.58. The molecule has 8 nitrogen and oxygen atoms in total. The first-order chi connectivity index (χ1) is 17.3. The van der Waals surface area contributed by atoms with Crippen LogP contribution in [-0.2, 0) is 6.42 Å². The molecule has 1 aromatic carbocycles. The summed E-state index contributed by atoms with van der Waals surface area (Å²) >= 11 is 0. The van der Waals surface area contributed by atoms with Crippen LogP contribution in [-0.4, -0.2) is 57.7 Å². The van der Waals surface area contributed by atoms with Gasteiger partial charge in [-0.3, -0.25) is 4.98 Å². The van der Waals surface area contributed by atoms with Crippen LogP contribution in [0.25, 0.3) is 11.6 Å². The molecule has 0 unspecified atom stereocenters. The molecule has 5 rings (SSSR count). The molecule has 186 valence electrons. The van der Waals surface area contributed by atoms with E-state index in [1.165, 1.54) is 29.8 Å². The number of hydrogen-bond donors (Lipinski definition) is 1. The van der Waals surface area contributed by atoms with E-state index in [0.29, 0.717) is 32.2 Å². The van der Waals surface area contributed by atoms with Crippen molar-refractivity contribution in [3.8, 4) is 5.75 Å². The van der Waals surface area contributed by atoms with Gasteiger partial charge in [-0.05, 0) is 60.5 Å². The topological polar surface area (TPSA) is 83.5 Å². The number of piperazine rings is 1. The molecule has 0 saturated carbocycles. The molecule has 0 radical (unpaired) electrons. The van der Waals surface area contributed by atoms with Crippen molar-refractivity contribution in [2.45, 2.75) is 32.4 Å². The number of halogens is 2. The van der Waals surface area contributed by atoms with Crippen LogP contribution in [0.5, 0.6) is 5.75 Å². The predicted molar refractivity (Wildman–Crippen MR) is 133 cm³/mol. The number of nitrogens with one attached hydrogen (secondary N) is 1. The minimum atomic E-state index is -3.26. The number of carbonyl (C=O) groups is 1. The monoisotopic (exact) mass is 492 g/mol. The van der Waals surface area contributed by atoms with E-state index >= 15 is 0 Å². The van der Waals surface area contributed by atoms with Crippen molar-refractivity contribution in [1.82, 2.24) is 19.9 Å². The molecule has 3 heterocycles. The van der Waals surface area contributed by atoms with Gasteiger partial charge in [0.15, 0.2) is 0 Å². The third-order valence-corrected chi connectivity index (χ3v) is 6.26. The summed E-state index contributed by atoms with van der Waals surface area (Å²) in [6, 6.07) is 9.54. The first-order valence-electron chi connectivity index (χ1n) is 11.7. The fraction of sp³-hybridized carbons (Fsp3) is 0.308. The van der Waals surface area contributed by atoms with E-state index in [0.717, 1.165) is 29.1 Å². The molecule has 2 amide bonds. The Morgan fingerprint density at radius 1 is 1.11 bits per heavy atom. The molecular weight excluding hydrogens is 466 g/mol. The summed E-state index contributed by atoms with van der Waals surface area (Å²) in [5.41, 5.74) is 4.82. The summed E-state index contributed by atoms with van der Waals surface area (Å²) in [5.74, 6) is 0.903. The molecule has 0 bridgehead atoms. The number of alkyl halides is 2. The molecule has 2 aromatic heterocycles. The Hall–Kier alpha value is -4.08. The standard InChI is InChI=1S/C26H26F2N6O2/c1-17-15-33(24-22-13-19(14-23(22)30-16-31-24)18-7-9-29-10-8-18)11-12-34(17)25(35)32-20-3-5-21(6-4-20)36-26(2,27)28/h3-10,13,16-17H,11-12,14-15H2,1-2H3,(H,32,35)/t17-/m1/s1. The van der Waals surface area contributed by atoms with Crippen LogP contribution < -0.4 is 15.0 Å². The van der Waals surface area contributed by atoms with Gasteiger partial charge in [0.25, 0.3) is 0 Å². The lowest BCUT2D eigenvalue weighted by Gasteiger charge is -2.40. The Morgan fingerprint density at radius 2 is 1.86 bits per heavy atom. The van der Waals surface area contributed by atoms with E-state index in [9.17, 15) is 13.6 Å². The third-order valence-electron chi connectivity index (χ3n) is 6.26. The summed E-state index contributed by atoms with van der Waals surface area (Å²) in [4.78, 5) is 30.1. The van der Waals surface area contributed by atoms with Gasteiger partial charge in [-0.1, -0.05) is 0 Å². The van der Waals surface area contributed by atoms with Gasteiger partial charge in [0.05, 0.1) is 5.69 Å². The lowest BCUT2D eigenvalue weighted by atomic mass is 10.1. The van der Waals surface area contributed by atoms with Crippen LogP contribution >= 0.6 is 0 Å². The Labute approximate surface area is 207 Å². The number of carbonyl (C=O) groups excluding carboxylic acids is 1. The fourth-order valence-corrected chi connectivity index (χ4v) is 4.58. The molecule has 0 spiro atoms. The number of amides is 2. The molecule has 10 heteroatoms. The molecule has 1 aliphatic heterocycles. The first-order valence-corrected chi connectivity index (χ1v) is 11.7. The minimum Gasteiger partial charge on any atom is -0.433 e. The van der Waals surface area contributed by atoms with Gasteiger partial charge in [-0.15, -0.1) is 0 Å². The zero-order valence-electron chi connectivity index (χ0n) is 20.0. The maximum absolute atomic E-state index is 13.0. The largest absolute Gasteiger partial charge is 0.433 e. The second-order valence-corrected chi connectivity index (χ2v) is 8.99. The van der Waals surface area contributed by atoms with E-state index in [1.54, 1.807) is 23.6 Å². The highest BCUT2D eigenvalue weighted by Gasteiger charge is 2.31. The van der Waals surface area contributed by atoms with Crippen LogP contribution in [0.3, 0.4) is 0 Å². The molecule has 3 aromatic rings. The van der Waals surface area contributed by atoms with Crippen molar-refractivity contribution >= 4 is 29.2 Å². The number of nitrogens with zero attached hydrogens (tertiary/aromatic N) is 5. The van der Waals surface area contributed by atoms with Gasteiger partial charge >= 0.3 is 12.1 Å². The second kappa shape index (κ2) is 9.52. The second-order valence-electron chi connectivity index (χ2n) is 8.99. The number of allylic oxidation sites excluding steroid dienone is 1. The van der Waals surface area contributed by atoms with Gasteiger partial charge in [0.2, 0.25) is 0 Å². The van der Waals surface area contributed by atoms with Crippen LogP contribution in [0.4, 0.5) is 25.1 Å². The number of rotatable bonds is 5. The average Bonchev–Trinajstić information content (AvgIpc) is 3.29. The number of benzene rings is 1. The number of anilines is 2. The lowest BCUT2D eigenvalue weighted by molar-refractivity contribution is -0.158. The van der Waals surface area contributed by atoms with E-state index in [-0.39, 0.29) is 17.8 Å². The van der Waals surface area contributed by atoms with Crippen molar-refractivity contribution in [2.24, 2.45) is 0 Å². The van der Waals surface area contributed by atoms with E-state index in [4.69, 9.17) is 0 Å². The molecule has 36 heavy (non-hydrogen) atoms. The predicted octanol–water partition coefficient (Wildman–Crippen LogP) is 4.70. The summed E-state index contributed by atoms with van der Waals surface area (Å²) < 4.78 is 30.6. The third kappa shape index (κ3) is 5.12. The van der Waals surface area contributed by atoms with Crippen LogP contribution in [0.1, 0.15) is 30.7 Å². The van der Waals surface area contributed by atoms with Crippen molar-refractivity contribution in [1.29, 1.82) is 0 Å². The highest BCUT2D eigenvalue weighted by molar-refractivity contribution is 5.91. The SMILES string of the molecule is C[C@@H]1CN(c2ncnc3c2C=C(c2ccncc2)C3)CCN1C(=O)Nc1ccc(OC(C)(F)F)cc1. The summed E-state index contributed by atoms with van der Waals surface area (Å²) in [5, 5.41) is 2.84. The normalized spacial score (nSPS) is 17.4. The molecule has 1 N–H and O–H groups in total. The van der Waals surface area contributed by atoms with E-state index < -0.39 is 6.11 Å². The van der Waals surface area contributed by atoms with E-state index in [1.807, 2.05) is 19.1 Å². The summed E-state index contributed by atoms with van der Waals surface area (Å²) in [6.07, 6.45) is 4.79. The highest BCUT2D eigenvalue weighted by atomic mass is 19.3. The van der Waals surface area contributed by atoms with Gasteiger partial charge in [0, 0.05) is 62.7 Å². The van der Waals surface area contributed by atoms with Crippen LogP contribution in [0.2, 0.25) is 0 Å². The number of urea groups is 1. The molecule has 1 saturated heterocycles. The zero-order valence-corrected chi connectivity index (χ0v) is 20.0. The smallest absolute Gasteiger partial charge is 0.394 e. The summed E-state index contributed by atoms with van der Waals surface area (Å²) in [6.45, 7) is 4.42. The molecular formula is C26H26F2N6O2. The van der Waals surface area contributed by atoms with Gasteiger partial charge in [0.1, 0.15) is 17.9 Å². The summed E-state index contributed by atoms with van der Waals surface area (Å²) in [7, 11) is 0. The van der Waals surface area contributed by atoms with Crippen molar-refractivity contribution in [3.63, 3.8) is 0 Å². The molecule has 2 aliphatic rings. The molecule has 1 aliphatic carbocycles. The number of hydrogen-bond acceptors (Lipinski definition) is 6. The average molecular weight is 493 g/mol. The quantitative estimate of drug-likeness (QED) is 0.556. The maximum Gasteiger partial charge on any atom is 0.394 e. The zero-order chi connectivity index (χ0) is 25.3. The van der Waals surface area contributed by atoms with Crippen molar-refractivity contribution < 1.29 is 18.3 Å². The van der Waals surface area contributed by atoms with Gasteiger partial charge in [-0.2, -0.15) is 8.78 Å². The highest BCUT2D eigenvalue weighted by Crippen LogP contribution is 2.35. The molecule has 1 fully saturated rings. The Bertz CT molecular complexity index is 1280. The lowest BCUT2D eigenvalue weighted by Crippen LogP contribution is -2.55. The number of ether oxygens (including phenoxy) is 1. The van der Waals surface area contributed by atoms with Crippen molar-refractivity contribution in [2.75, 3.05) is 29.9 Å². The van der Waals surface area contributed by atoms with Crippen LogP contribution in [0.15, 0.2) is 55.1 Å². The van der Waals surface area contributed by atoms with Gasteiger partial charge in [-0.25, -0.2) is 14.8 Å². The van der Waals surface area contributed by atoms with Gasteiger partial charge < -0.3 is 19.9 Å². The van der Waals surface area contributed by atoms with Crippen LogP contribution in [0, 0.1) is 0 Å². The maximum atomic E-state index is 13.0. The number of fused-ring (bicyclic) bond motifs is 1. The first kappa shape index (κ1) is 23.7. The number of pyridine rings is 1. The Kier molecular flexibility index (Phi) is 6.26. The van der Waals surface area contributed by atoms with E-state index in [2.05, 4.69) is 36.0 Å².